The lowest BCUT2D eigenvalue weighted by atomic mass is 9.98. The van der Waals surface area contributed by atoms with Gasteiger partial charge in [0.2, 0.25) is 5.91 Å². The van der Waals surface area contributed by atoms with Gasteiger partial charge in [-0.1, -0.05) is 18.2 Å². The number of carbonyl (C=O) groups excluding carboxylic acids is 2. The summed E-state index contributed by atoms with van der Waals surface area (Å²) in [5.41, 5.74) is 0.247. The number of nitrogens with one attached hydrogen (secondary N) is 1. The molecule has 23 heavy (non-hydrogen) atoms. The number of Topliss-reactive ketones (excluding diaryl/α,β-unsaturated/α-hetero) is 1. The molecule has 0 aliphatic heterocycles. The molecule has 0 heterocycles. The Morgan fingerprint density at radius 1 is 1.39 bits per heavy atom. The number of amides is 1. The van der Waals surface area contributed by atoms with Gasteiger partial charge < -0.3 is 10.1 Å². The molecule has 0 bridgehead atoms. The SMILES string of the molecule is CNC(=O)[C@H](C#N)C(=O)[C@H]1C[C@H]1c1ccccc1OC(F)(F)F. The Morgan fingerprint density at radius 3 is 2.61 bits per heavy atom. The van der Waals surface area contributed by atoms with Crippen LogP contribution in [0.5, 0.6) is 5.75 Å². The molecule has 5 nitrogen and oxygen atoms in total. The zero-order valence-electron chi connectivity index (χ0n) is 12.1. The van der Waals surface area contributed by atoms with E-state index >= 15 is 0 Å². The molecule has 1 aliphatic carbocycles. The summed E-state index contributed by atoms with van der Waals surface area (Å²) in [6, 6.07) is 7.18. The number of hydrogen-bond acceptors (Lipinski definition) is 4. The quantitative estimate of drug-likeness (QED) is 0.841. The van der Waals surface area contributed by atoms with Crippen LogP contribution in [0, 0.1) is 23.2 Å². The van der Waals surface area contributed by atoms with Crippen LogP contribution in [0.25, 0.3) is 0 Å². The molecule has 1 aliphatic rings. The van der Waals surface area contributed by atoms with E-state index in [1.165, 1.54) is 25.2 Å². The Bertz CT molecular complexity index is 667. The topological polar surface area (TPSA) is 79.2 Å². The van der Waals surface area contributed by atoms with Gasteiger partial charge in [0.15, 0.2) is 11.7 Å². The fraction of sp³-hybridized carbons (Fsp3) is 0.400. The molecule has 1 aromatic carbocycles. The minimum atomic E-state index is -4.83. The summed E-state index contributed by atoms with van der Waals surface area (Å²) < 4.78 is 41.2. The van der Waals surface area contributed by atoms with Crippen molar-refractivity contribution in [2.24, 2.45) is 11.8 Å². The highest BCUT2D eigenvalue weighted by Gasteiger charge is 2.49. The van der Waals surface area contributed by atoms with Crippen molar-refractivity contribution in [3.05, 3.63) is 29.8 Å². The third-order valence-corrected chi connectivity index (χ3v) is 3.62. The summed E-state index contributed by atoms with van der Waals surface area (Å²) in [4.78, 5) is 23.7. The van der Waals surface area contributed by atoms with Crippen LogP contribution in [0.3, 0.4) is 0 Å². The molecule has 0 aromatic heterocycles. The largest absolute Gasteiger partial charge is 0.573 e. The molecule has 1 saturated carbocycles. The van der Waals surface area contributed by atoms with E-state index < -0.39 is 35.8 Å². The Kier molecular flexibility index (Phi) is 4.59. The fourth-order valence-electron chi connectivity index (χ4n) is 2.47. The zero-order chi connectivity index (χ0) is 17.2. The Balaban J connectivity index is 2.17. The number of para-hydroxylation sites is 1. The summed E-state index contributed by atoms with van der Waals surface area (Å²) in [6.45, 7) is 0. The Labute approximate surface area is 130 Å². The summed E-state index contributed by atoms with van der Waals surface area (Å²) in [5, 5.41) is 11.2. The number of halogens is 3. The molecule has 8 heteroatoms. The van der Waals surface area contributed by atoms with Crippen molar-refractivity contribution in [2.75, 3.05) is 7.05 Å². The van der Waals surface area contributed by atoms with Gasteiger partial charge in [0.05, 0.1) is 6.07 Å². The summed E-state index contributed by atoms with van der Waals surface area (Å²) in [6.07, 6.45) is -4.55. The highest BCUT2D eigenvalue weighted by molar-refractivity contribution is 6.06. The van der Waals surface area contributed by atoms with Crippen molar-refractivity contribution in [1.82, 2.24) is 5.32 Å². The normalized spacial score (nSPS) is 21.0. The lowest BCUT2D eigenvalue weighted by Crippen LogP contribution is -2.33. The van der Waals surface area contributed by atoms with E-state index in [0.29, 0.717) is 0 Å². The number of benzene rings is 1. The highest BCUT2D eigenvalue weighted by atomic mass is 19.4. The van der Waals surface area contributed by atoms with Gasteiger partial charge in [-0.2, -0.15) is 5.26 Å². The average Bonchev–Trinajstić information content (AvgIpc) is 3.26. The van der Waals surface area contributed by atoms with Crippen LogP contribution in [0.2, 0.25) is 0 Å². The number of alkyl halides is 3. The van der Waals surface area contributed by atoms with E-state index in [1.54, 1.807) is 12.1 Å². The number of nitriles is 1. The molecule has 2 rings (SSSR count). The van der Waals surface area contributed by atoms with E-state index in [4.69, 9.17) is 5.26 Å². The first-order valence-corrected chi connectivity index (χ1v) is 6.78. The van der Waals surface area contributed by atoms with Crippen molar-refractivity contribution >= 4 is 11.7 Å². The molecule has 3 atom stereocenters. The van der Waals surface area contributed by atoms with Crippen molar-refractivity contribution in [2.45, 2.75) is 18.7 Å². The van der Waals surface area contributed by atoms with Gasteiger partial charge in [0, 0.05) is 13.0 Å². The molecular weight excluding hydrogens is 313 g/mol. The number of carbonyl (C=O) groups is 2. The lowest BCUT2D eigenvalue weighted by Gasteiger charge is -2.13. The van der Waals surface area contributed by atoms with Gasteiger partial charge in [0.25, 0.3) is 0 Å². The smallest absolute Gasteiger partial charge is 0.405 e. The molecule has 1 amide bonds. The summed E-state index contributed by atoms with van der Waals surface area (Å²) >= 11 is 0. The minimum absolute atomic E-state index is 0.247. The molecule has 1 aromatic rings. The molecule has 122 valence electrons. The van der Waals surface area contributed by atoms with Gasteiger partial charge in [-0.25, -0.2) is 0 Å². The predicted octanol–water partition coefficient (Wildman–Crippen LogP) is 2.14. The maximum Gasteiger partial charge on any atom is 0.573 e. The molecule has 1 fully saturated rings. The van der Waals surface area contributed by atoms with E-state index in [1.807, 2.05) is 0 Å². The van der Waals surface area contributed by atoms with Gasteiger partial charge in [-0.05, 0) is 24.0 Å². The minimum Gasteiger partial charge on any atom is -0.405 e. The van der Waals surface area contributed by atoms with Crippen LogP contribution in [0.1, 0.15) is 17.9 Å². The van der Waals surface area contributed by atoms with E-state index in [0.717, 1.165) is 0 Å². The number of ketones is 1. The third-order valence-electron chi connectivity index (χ3n) is 3.62. The van der Waals surface area contributed by atoms with Crippen LogP contribution in [0.15, 0.2) is 24.3 Å². The van der Waals surface area contributed by atoms with Crippen molar-refractivity contribution in [1.29, 1.82) is 5.26 Å². The first kappa shape index (κ1) is 16.8. The molecule has 0 unspecified atom stereocenters. The van der Waals surface area contributed by atoms with E-state index in [2.05, 4.69) is 10.1 Å². The van der Waals surface area contributed by atoms with Crippen LogP contribution in [0.4, 0.5) is 13.2 Å². The number of nitrogens with zero attached hydrogens (tertiary/aromatic N) is 1. The second-order valence-corrected chi connectivity index (χ2v) is 5.11. The van der Waals surface area contributed by atoms with Crippen LogP contribution < -0.4 is 10.1 Å². The first-order chi connectivity index (χ1) is 10.8. The van der Waals surface area contributed by atoms with E-state index in [-0.39, 0.29) is 17.7 Å². The van der Waals surface area contributed by atoms with E-state index in [9.17, 15) is 22.8 Å². The lowest BCUT2D eigenvalue weighted by molar-refractivity contribution is -0.274. The molecule has 0 radical (unpaired) electrons. The highest BCUT2D eigenvalue weighted by Crippen LogP contribution is 2.52. The van der Waals surface area contributed by atoms with Crippen molar-refractivity contribution < 1.29 is 27.5 Å². The van der Waals surface area contributed by atoms with Crippen LogP contribution in [-0.4, -0.2) is 25.1 Å². The first-order valence-electron chi connectivity index (χ1n) is 6.78. The third kappa shape index (κ3) is 3.80. The van der Waals surface area contributed by atoms with Crippen LogP contribution >= 0.6 is 0 Å². The number of hydrogen-bond donors (Lipinski definition) is 1. The van der Waals surface area contributed by atoms with Crippen molar-refractivity contribution in [3.8, 4) is 11.8 Å². The second-order valence-electron chi connectivity index (χ2n) is 5.11. The average molecular weight is 326 g/mol. The maximum atomic E-state index is 12.4. The number of ether oxygens (including phenoxy) is 1. The second kappa shape index (κ2) is 6.28. The number of rotatable bonds is 5. The standard InChI is InChI=1S/C15H13F3N2O3/c1-20-14(22)11(7-19)13(21)10-6-9(10)8-4-2-3-5-12(8)23-15(16,17)18/h2-5,9-11H,6H2,1H3,(H,20,22)/t9-,10-,11+/m0/s1. The fourth-order valence-corrected chi connectivity index (χ4v) is 2.47. The summed E-state index contributed by atoms with van der Waals surface area (Å²) in [7, 11) is 1.30. The Morgan fingerprint density at radius 2 is 2.04 bits per heavy atom. The van der Waals surface area contributed by atoms with Crippen LogP contribution in [-0.2, 0) is 9.59 Å². The van der Waals surface area contributed by atoms with Gasteiger partial charge in [-0.15, -0.1) is 13.2 Å². The Hall–Kier alpha value is -2.56. The molecule has 0 spiro atoms. The van der Waals surface area contributed by atoms with Gasteiger partial charge in [0.1, 0.15) is 5.75 Å². The molecular formula is C15H13F3N2O3. The predicted molar refractivity (Wildman–Crippen MR) is 72.1 cm³/mol. The van der Waals surface area contributed by atoms with Gasteiger partial charge in [-0.3, -0.25) is 9.59 Å². The zero-order valence-corrected chi connectivity index (χ0v) is 12.1. The molecule has 1 N–H and O–H groups in total. The monoisotopic (exact) mass is 326 g/mol. The van der Waals surface area contributed by atoms with Crippen molar-refractivity contribution in [3.63, 3.8) is 0 Å². The van der Waals surface area contributed by atoms with Gasteiger partial charge >= 0.3 is 6.36 Å². The molecule has 0 saturated heterocycles. The summed E-state index contributed by atoms with van der Waals surface area (Å²) in [5.74, 6) is -4.27. The maximum absolute atomic E-state index is 12.4.